The fourth-order valence-corrected chi connectivity index (χ4v) is 3.39. The van der Waals surface area contributed by atoms with Crippen LogP contribution in [0.15, 0.2) is 52.4 Å². The van der Waals surface area contributed by atoms with Crippen LogP contribution in [0.1, 0.15) is 35.1 Å². The predicted molar refractivity (Wildman–Crippen MR) is 105 cm³/mol. The number of halogens is 1. The number of rotatable bonds is 3. The van der Waals surface area contributed by atoms with E-state index in [2.05, 4.69) is 15.5 Å². The van der Waals surface area contributed by atoms with Crippen molar-refractivity contribution in [1.29, 1.82) is 0 Å². The fraction of sp³-hybridized carbons (Fsp3) is 0.200. The number of carbonyl (C=O) groups excluding carboxylic acids is 1. The quantitative estimate of drug-likeness (QED) is 0.560. The molecule has 136 valence electrons. The van der Waals surface area contributed by atoms with Crippen LogP contribution in [-0.2, 0) is 13.0 Å². The zero-order chi connectivity index (χ0) is 19.0. The van der Waals surface area contributed by atoms with Crippen molar-refractivity contribution in [2.75, 3.05) is 0 Å². The molecule has 0 unspecified atom stereocenters. The number of amides is 1. The largest absolute Gasteiger partial charge is 0.296 e. The van der Waals surface area contributed by atoms with Gasteiger partial charge in [0, 0.05) is 23.6 Å². The molecule has 0 atom stereocenters. The number of hydrogen-bond acceptors (Lipinski definition) is 4. The van der Waals surface area contributed by atoms with Crippen LogP contribution < -0.4 is 11.0 Å². The number of aromatic nitrogens is 2. The van der Waals surface area contributed by atoms with Gasteiger partial charge in [0.05, 0.1) is 16.6 Å². The molecule has 0 bridgehead atoms. The molecule has 1 N–H and O–H groups in total. The van der Waals surface area contributed by atoms with Crippen LogP contribution in [0.3, 0.4) is 0 Å². The number of hydrazone groups is 1. The number of nitrogens with zero attached hydrogens (tertiary/aromatic N) is 3. The first-order valence-corrected chi connectivity index (χ1v) is 9.05. The van der Waals surface area contributed by atoms with Gasteiger partial charge in [0.25, 0.3) is 11.5 Å². The Balaban J connectivity index is 1.60. The van der Waals surface area contributed by atoms with Crippen molar-refractivity contribution in [3.8, 4) is 0 Å². The first kappa shape index (κ1) is 17.4. The third-order valence-corrected chi connectivity index (χ3v) is 4.88. The lowest BCUT2D eigenvalue weighted by molar-refractivity contribution is 0.0955. The predicted octanol–water partition coefficient (Wildman–Crippen LogP) is 3.15. The number of benzene rings is 2. The van der Waals surface area contributed by atoms with Gasteiger partial charge in [-0.3, -0.25) is 14.2 Å². The molecule has 0 radical (unpaired) electrons. The minimum absolute atomic E-state index is 0.0470. The Morgan fingerprint density at radius 3 is 2.89 bits per heavy atom. The van der Waals surface area contributed by atoms with Gasteiger partial charge in [-0.05, 0) is 49.2 Å². The summed E-state index contributed by atoms with van der Waals surface area (Å²) in [5.74, 6) is 0.417. The van der Waals surface area contributed by atoms with E-state index in [-0.39, 0.29) is 11.5 Å². The maximum absolute atomic E-state index is 12.5. The van der Waals surface area contributed by atoms with E-state index in [0.717, 1.165) is 24.2 Å². The second-order valence-electron chi connectivity index (χ2n) is 6.47. The molecule has 1 aliphatic rings. The summed E-state index contributed by atoms with van der Waals surface area (Å²) < 4.78 is 1.71. The van der Waals surface area contributed by atoms with Crippen LogP contribution in [0.2, 0.25) is 5.02 Å². The molecule has 0 spiro atoms. The third kappa shape index (κ3) is 3.36. The molecule has 7 heteroatoms. The molecule has 0 saturated heterocycles. The molecule has 2 heterocycles. The topological polar surface area (TPSA) is 76.3 Å². The molecule has 0 fully saturated rings. The molecule has 0 aliphatic carbocycles. The molecule has 3 aromatic rings. The first-order valence-electron chi connectivity index (χ1n) is 8.67. The van der Waals surface area contributed by atoms with Crippen LogP contribution in [-0.4, -0.2) is 21.2 Å². The molecular formula is C20H17ClN4O2. The molecule has 6 nitrogen and oxygen atoms in total. The first-order chi connectivity index (χ1) is 13.0. The van der Waals surface area contributed by atoms with Crippen molar-refractivity contribution in [3.63, 3.8) is 0 Å². The zero-order valence-electron chi connectivity index (χ0n) is 14.7. The lowest BCUT2D eigenvalue weighted by Crippen LogP contribution is -2.22. The number of aryl methyl sites for hydroxylation is 1. The average Bonchev–Trinajstić information content (AvgIpc) is 3.14. The van der Waals surface area contributed by atoms with Gasteiger partial charge in [-0.15, -0.1) is 0 Å². The molecule has 1 aliphatic heterocycles. The number of fused-ring (bicyclic) bond motifs is 2. The highest BCUT2D eigenvalue weighted by Crippen LogP contribution is 2.16. The fourth-order valence-electron chi connectivity index (χ4n) is 3.20. The van der Waals surface area contributed by atoms with E-state index in [1.165, 1.54) is 0 Å². The minimum Gasteiger partial charge on any atom is -0.296 e. The van der Waals surface area contributed by atoms with Gasteiger partial charge in [0.2, 0.25) is 0 Å². The van der Waals surface area contributed by atoms with Gasteiger partial charge in [-0.25, -0.2) is 10.4 Å². The van der Waals surface area contributed by atoms with Crippen molar-refractivity contribution in [2.24, 2.45) is 5.10 Å². The Bertz CT molecular complexity index is 1150. The van der Waals surface area contributed by atoms with Crippen molar-refractivity contribution < 1.29 is 4.79 Å². The zero-order valence-corrected chi connectivity index (χ0v) is 15.5. The van der Waals surface area contributed by atoms with Gasteiger partial charge in [-0.1, -0.05) is 23.7 Å². The van der Waals surface area contributed by atoms with Gasteiger partial charge in [0.15, 0.2) is 0 Å². The Morgan fingerprint density at radius 2 is 2.07 bits per heavy atom. The van der Waals surface area contributed by atoms with Crippen molar-refractivity contribution in [3.05, 3.63) is 74.8 Å². The molecule has 1 amide bonds. The summed E-state index contributed by atoms with van der Waals surface area (Å²) in [5, 5.41) is 5.27. The summed E-state index contributed by atoms with van der Waals surface area (Å²) in [7, 11) is 0. The molecule has 2 aromatic carbocycles. The lowest BCUT2D eigenvalue weighted by atomic mass is 10.1. The van der Waals surface area contributed by atoms with Crippen LogP contribution in [0, 0.1) is 0 Å². The molecular weight excluding hydrogens is 364 g/mol. The molecule has 1 aromatic heterocycles. The summed E-state index contributed by atoms with van der Waals surface area (Å²) >= 11 is 5.98. The number of hydrogen-bond donors (Lipinski definition) is 1. The second-order valence-corrected chi connectivity index (χ2v) is 6.91. The van der Waals surface area contributed by atoms with Gasteiger partial charge < -0.3 is 0 Å². The van der Waals surface area contributed by atoms with Gasteiger partial charge in [0.1, 0.15) is 5.82 Å². The summed E-state index contributed by atoms with van der Waals surface area (Å²) in [4.78, 5) is 29.5. The number of nitrogens with one attached hydrogen (secondary N) is 1. The van der Waals surface area contributed by atoms with Crippen LogP contribution in [0.5, 0.6) is 0 Å². The highest BCUT2D eigenvalue weighted by atomic mass is 35.5. The van der Waals surface area contributed by atoms with E-state index in [4.69, 9.17) is 11.6 Å². The number of carbonyl (C=O) groups is 1. The standard InChI is InChI=1S/C20H17ClN4O2/c1-12(13-4-2-5-15(21)10-13)23-24-19(26)14-7-8-16-17(11-14)22-18-6-3-9-25(18)20(16)27/h2,4-5,7-8,10-11H,3,6,9H2,1H3,(H,24,26)/b23-12-. The maximum Gasteiger partial charge on any atom is 0.271 e. The highest BCUT2D eigenvalue weighted by molar-refractivity contribution is 6.31. The Kier molecular flexibility index (Phi) is 4.49. The van der Waals surface area contributed by atoms with E-state index in [1.54, 1.807) is 41.8 Å². The van der Waals surface area contributed by atoms with E-state index < -0.39 is 0 Å². The summed E-state index contributed by atoms with van der Waals surface area (Å²) in [6.45, 7) is 2.49. The summed E-state index contributed by atoms with van der Waals surface area (Å²) in [6, 6.07) is 12.1. The van der Waals surface area contributed by atoms with E-state index in [1.807, 2.05) is 12.1 Å². The van der Waals surface area contributed by atoms with Crippen LogP contribution >= 0.6 is 11.6 Å². The normalized spacial score (nSPS) is 13.6. The molecule has 4 rings (SSSR count). The van der Waals surface area contributed by atoms with Crippen molar-refractivity contribution in [1.82, 2.24) is 15.0 Å². The smallest absolute Gasteiger partial charge is 0.271 e. The van der Waals surface area contributed by atoms with E-state index in [9.17, 15) is 9.59 Å². The highest BCUT2D eigenvalue weighted by Gasteiger charge is 2.17. The summed E-state index contributed by atoms with van der Waals surface area (Å²) in [6.07, 6.45) is 1.70. The minimum atomic E-state index is -0.360. The summed E-state index contributed by atoms with van der Waals surface area (Å²) in [5.41, 5.74) is 4.90. The monoisotopic (exact) mass is 380 g/mol. The Morgan fingerprint density at radius 1 is 1.22 bits per heavy atom. The maximum atomic E-state index is 12.5. The van der Waals surface area contributed by atoms with Gasteiger partial charge >= 0.3 is 0 Å². The Labute approximate surface area is 160 Å². The van der Waals surface area contributed by atoms with Crippen LogP contribution in [0.25, 0.3) is 10.9 Å². The van der Waals surface area contributed by atoms with E-state index in [0.29, 0.717) is 33.7 Å². The van der Waals surface area contributed by atoms with Gasteiger partial charge in [-0.2, -0.15) is 5.10 Å². The Hall–Kier alpha value is -2.99. The molecule has 0 saturated carbocycles. The van der Waals surface area contributed by atoms with E-state index >= 15 is 0 Å². The average molecular weight is 381 g/mol. The van der Waals surface area contributed by atoms with Crippen LogP contribution in [0.4, 0.5) is 0 Å². The van der Waals surface area contributed by atoms with Crippen molar-refractivity contribution in [2.45, 2.75) is 26.3 Å². The second kappa shape index (κ2) is 6.96. The molecule has 27 heavy (non-hydrogen) atoms. The van der Waals surface area contributed by atoms with Crippen molar-refractivity contribution >= 4 is 34.1 Å². The lowest BCUT2D eigenvalue weighted by Gasteiger charge is -2.07. The SMILES string of the molecule is C/C(=N/NC(=O)c1ccc2c(=O)n3c(nc2c1)CCC3)c1cccc(Cl)c1. The third-order valence-electron chi connectivity index (χ3n) is 4.65.